The van der Waals surface area contributed by atoms with E-state index < -0.39 is 0 Å². The van der Waals surface area contributed by atoms with E-state index in [-0.39, 0.29) is 6.61 Å². The number of nitrogens with zero attached hydrogens (tertiary/aromatic N) is 3. The fraction of sp³-hybridized carbons (Fsp3) is 0.692. The maximum absolute atomic E-state index is 8.91. The highest BCUT2D eigenvalue weighted by molar-refractivity contribution is 5.44. The van der Waals surface area contributed by atoms with E-state index in [2.05, 4.69) is 34.0 Å². The summed E-state index contributed by atoms with van der Waals surface area (Å²) < 4.78 is 0. The lowest BCUT2D eigenvalue weighted by Crippen LogP contribution is -2.26. The van der Waals surface area contributed by atoms with Gasteiger partial charge in [-0.2, -0.15) is 4.98 Å². The molecule has 1 rings (SSSR count). The van der Waals surface area contributed by atoms with Crippen LogP contribution in [0.25, 0.3) is 0 Å². The van der Waals surface area contributed by atoms with E-state index in [4.69, 9.17) is 5.11 Å². The molecule has 2 N–H and O–H groups in total. The maximum Gasteiger partial charge on any atom is 0.224 e. The van der Waals surface area contributed by atoms with E-state index in [1.165, 1.54) is 0 Å². The summed E-state index contributed by atoms with van der Waals surface area (Å²) in [7, 11) is 0. The Balaban J connectivity index is 2.81. The first-order valence-electron chi connectivity index (χ1n) is 6.66. The van der Waals surface area contributed by atoms with E-state index in [1.54, 1.807) is 0 Å². The van der Waals surface area contributed by atoms with Gasteiger partial charge in [0.2, 0.25) is 5.95 Å². The molecular weight excluding hydrogens is 228 g/mol. The van der Waals surface area contributed by atoms with Gasteiger partial charge in [0.1, 0.15) is 5.82 Å². The highest BCUT2D eigenvalue weighted by Crippen LogP contribution is 2.15. The second kappa shape index (κ2) is 7.87. The fourth-order valence-corrected chi connectivity index (χ4v) is 1.73. The van der Waals surface area contributed by atoms with E-state index in [9.17, 15) is 0 Å². The highest BCUT2D eigenvalue weighted by Gasteiger charge is 2.08. The third-order valence-electron chi connectivity index (χ3n) is 2.67. The molecule has 0 aliphatic heterocycles. The summed E-state index contributed by atoms with van der Waals surface area (Å²) in [5.74, 6) is 1.62. The number of nitrogens with one attached hydrogen (secondary N) is 1. The molecule has 0 amide bonds. The van der Waals surface area contributed by atoms with Crippen molar-refractivity contribution in [2.75, 3.05) is 36.5 Å². The van der Waals surface area contributed by atoms with Crippen molar-refractivity contribution in [1.82, 2.24) is 9.97 Å². The largest absolute Gasteiger partial charge is 0.396 e. The summed E-state index contributed by atoms with van der Waals surface area (Å²) in [6, 6.07) is 1.98. The molecule has 0 saturated heterocycles. The maximum atomic E-state index is 8.91. The van der Waals surface area contributed by atoms with Crippen LogP contribution in [0.15, 0.2) is 6.07 Å². The lowest BCUT2D eigenvalue weighted by atomic mass is 10.3. The fourth-order valence-electron chi connectivity index (χ4n) is 1.73. The smallest absolute Gasteiger partial charge is 0.224 e. The van der Waals surface area contributed by atoms with Crippen LogP contribution in [0.1, 0.15) is 32.4 Å². The molecule has 1 heterocycles. The van der Waals surface area contributed by atoms with Crippen LogP contribution in [0.5, 0.6) is 0 Å². The molecule has 1 aromatic heterocycles. The minimum atomic E-state index is 0.210. The number of aliphatic hydroxyl groups is 1. The van der Waals surface area contributed by atoms with Crippen LogP contribution in [0.2, 0.25) is 0 Å². The first kappa shape index (κ1) is 14.7. The van der Waals surface area contributed by atoms with E-state index >= 15 is 0 Å². The van der Waals surface area contributed by atoms with Gasteiger partial charge in [-0.3, -0.25) is 0 Å². The molecule has 102 valence electrons. The Hall–Kier alpha value is -1.36. The van der Waals surface area contributed by atoms with E-state index in [1.807, 2.05) is 13.0 Å². The molecular formula is C13H24N4O. The summed E-state index contributed by atoms with van der Waals surface area (Å²) >= 11 is 0. The predicted octanol–water partition coefficient (Wildman–Crippen LogP) is 1.82. The van der Waals surface area contributed by atoms with Crippen molar-refractivity contribution >= 4 is 11.8 Å². The van der Waals surface area contributed by atoms with Gasteiger partial charge in [-0.1, -0.05) is 6.92 Å². The van der Waals surface area contributed by atoms with Crippen LogP contribution in [-0.2, 0) is 0 Å². The molecule has 0 aliphatic carbocycles. The van der Waals surface area contributed by atoms with Gasteiger partial charge in [-0.25, -0.2) is 4.98 Å². The van der Waals surface area contributed by atoms with Gasteiger partial charge in [0.05, 0.1) is 0 Å². The molecule has 0 spiro atoms. The summed E-state index contributed by atoms with van der Waals surface area (Å²) in [4.78, 5) is 11.0. The summed E-state index contributed by atoms with van der Waals surface area (Å²) in [5, 5.41) is 12.1. The minimum Gasteiger partial charge on any atom is -0.396 e. The van der Waals surface area contributed by atoms with Crippen LogP contribution in [-0.4, -0.2) is 41.3 Å². The number of aromatic nitrogens is 2. The molecule has 5 heteroatoms. The first-order chi connectivity index (χ1) is 8.71. The molecule has 0 fully saturated rings. The zero-order valence-electron chi connectivity index (χ0n) is 11.6. The summed E-state index contributed by atoms with van der Waals surface area (Å²) in [6.45, 7) is 8.97. The normalized spacial score (nSPS) is 10.4. The van der Waals surface area contributed by atoms with E-state index in [0.29, 0.717) is 5.95 Å². The number of aliphatic hydroxyl groups excluding tert-OH is 1. The van der Waals surface area contributed by atoms with Gasteiger partial charge in [0.15, 0.2) is 0 Å². The Labute approximate surface area is 109 Å². The molecule has 0 aliphatic rings. The molecule has 0 bridgehead atoms. The van der Waals surface area contributed by atoms with Crippen molar-refractivity contribution in [2.24, 2.45) is 0 Å². The molecule has 18 heavy (non-hydrogen) atoms. The van der Waals surface area contributed by atoms with Crippen molar-refractivity contribution in [1.29, 1.82) is 0 Å². The van der Waals surface area contributed by atoms with Crippen LogP contribution in [0, 0.1) is 6.92 Å². The zero-order chi connectivity index (χ0) is 13.4. The second-order valence-corrected chi connectivity index (χ2v) is 4.27. The van der Waals surface area contributed by atoms with Crippen molar-refractivity contribution in [3.05, 3.63) is 11.8 Å². The molecule has 5 nitrogen and oxygen atoms in total. The van der Waals surface area contributed by atoms with Crippen molar-refractivity contribution in [2.45, 2.75) is 33.6 Å². The molecule has 0 unspecified atom stereocenters. The van der Waals surface area contributed by atoms with Crippen LogP contribution < -0.4 is 10.2 Å². The van der Waals surface area contributed by atoms with Crippen molar-refractivity contribution in [3.8, 4) is 0 Å². The number of rotatable bonds is 8. The van der Waals surface area contributed by atoms with Crippen LogP contribution >= 0.6 is 0 Å². The highest BCUT2D eigenvalue weighted by atomic mass is 16.3. The number of anilines is 2. The Kier molecular flexibility index (Phi) is 6.43. The average Bonchev–Trinajstić information content (AvgIpc) is 2.37. The van der Waals surface area contributed by atoms with Crippen molar-refractivity contribution in [3.63, 3.8) is 0 Å². The van der Waals surface area contributed by atoms with Crippen molar-refractivity contribution < 1.29 is 5.11 Å². The van der Waals surface area contributed by atoms with Gasteiger partial charge < -0.3 is 15.3 Å². The quantitative estimate of drug-likeness (QED) is 0.739. The lowest BCUT2D eigenvalue weighted by Gasteiger charge is -2.22. The third-order valence-corrected chi connectivity index (χ3v) is 2.67. The van der Waals surface area contributed by atoms with Gasteiger partial charge in [0.25, 0.3) is 0 Å². The minimum absolute atomic E-state index is 0.210. The third kappa shape index (κ3) is 4.49. The average molecular weight is 252 g/mol. The second-order valence-electron chi connectivity index (χ2n) is 4.27. The predicted molar refractivity (Wildman–Crippen MR) is 75.1 cm³/mol. The number of hydrogen-bond donors (Lipinski definition) is 2. The Morgan fingerprint density at radius 1 is 1.33 bits per heavy atom. The van der Waals surface area contributed by atoms with Gasteiger partial charge in [-0.05, 0) is 26.7 Å². The number of aryl methyl sites for hydroxylation is 1. The van der Waals surface area contributed by atoms with Gasteiger partial charge in [0, 0.05) is 38.0 Å². The molecule has 0 atom stereocenters. The molecule has 0 aromatic carbocycles. The Morgan fingerprint density at radius 2 is 2.11 bits per heavy atom. The van der Waals surface area contributed by atoms with E-state index in [0.717, 1.165) is 44.0 Å². The van der Waals surface area contributed by atoms with Gasteiger partial charge in [-0.15, -0.1) is 0 Å². The molecule has 0 saturated carbocycles. The monoisotopic (exact) mass is 252 g/mol. The first-order valence-corrected chi connectivity index (χ1v) is 6.66. The molecule has 1 aromatic rings. The summed E-state index contributed by atoms with van der Waals surface area (Å²) in [5.41, 5.74) is 0.959. The lowest BCUT2D eigenvalue weighted by molar-refractivity contribution is 0.289. The van der Waals surface area contributed by atoms with Crippen LogP contribution in [0.3, 0.4) is 0 Å². The number of hydrogen-bond acceptors (Lipinski definition) is 5. The standard InChI is InChI=1S/C13H24N4O/c1-4-7-14-13-15-11(3)10-12(16-13)17(5-2)8-6-9-18/h10,18H,4-9H2,1-3H3,(H,14,15,16). The topological polar surface area (TPSA) is 61.3 Å². The Bertz CT molecular complexity index is 357. The SMILES string of the molecule is CCCNc1nc(C)cc(N(CC)CCCO)n1. The van der Waals surface area contributed by atoms with Gasteiger partial charge >= 0.3 is 0 Å². The molecule has 0 radical (unpaired) electrons. The Morgan fingerprint density at radius 3 is 2.72 bits per heavy atom. The summed E-state index contributed by atoms with van der Waals surface area (Å²) in [6.07, 6.45) is 1.81. The van der Waals surface area contributed by atoms with Crippen LogP contribution in [0.4, 0.5) is 11.8 Å². The zero-order valence-corrected chi connectivity index (χ0v) is 11.6.